The Kier molecular flexibility index (Phi) is 5.19. The van der Waals surface area contributed by atoms with E-state index in [1.54, 1.807) is 0 Å². The van der Waals surface area contributed by atoms with Crippen molar-refractivity contribution in [1.29, 1.82) is 0 Å². The molecule has 0 amide bonds. The monoisotopic (exact) mass is 345 g/mol. The highest BCUT2D eigenvalue weighted by molar-refractivity contribution is 6.89. The van der Waals surface area contributed by atoms with Crippen molar-refractivity contribution in [2.24, 2.45) is 0 Å². The van der Waals surface area contributed by atoms with Crippen LogP contribution in [0.3, 0.4) is 0 Å². The van der Waals surface area contributed by atoms with Gasteiger partial charge in [-0.2, -0.15) is 0 Å². The Morgan fingerprint density at radius 2 is 1.48 bits per heavy atom. The Morgan fingerprint density at radius 3 is 2.16 bits per heavy atom. The molecule has 25 heavy (non-hydrogen) atoms. The van der Waals surface area contributed by atoms with Gasteiger partial charge in [0.25, 0.3) is 0 Å². The Morgan fingerprint density at radius 1 is 0.800 bits per heavy atom. The Hall–Kier alpha value is -2.19. The van der Waals surface area contributed by atoms with Crippen LogP contribution in [0.15, 0.2) is 66.9 Å². The SMILES string of the molecule is CCCc1cc(-c2cccc(-c3ccccc3)c2)ncc1[Si](C)(C)C. The molecule has 0 bridgehead atoms. The van der Waals surface area contributed by atoms with Crippen molar-refractivity contribution in [3.8, 4) is 22.4 Å². The number of nitrogens with zero attached hydrogens (tertiary/aromatic N) is 1. The van der Waals surface area contributed by atoms with E-state index in [4.69, 9.17) is 4.98 Å². The molecule has 0 saturated heterocycles. The second kappa shape index (κ2) is 7.36. The number of benzene rings is 2. The minimum Gasteiger partial charge on any atom is -0.256 e. The molecule has 1 nitrogen and oxygen atoms in total. The standard InChI is InChI=1S/C23H27NSi/c1-5-10-21-16-22(24-17-23(21)25(2,3)4)20-14-9-13-19(15-20)18-11-7-6-8-12-18/h6-9,11-17H,5,10H2,1-4H3. The molecule has 0 spiro atoms. The third-order valence-electron chi connectivity index (χ3n) is 4.58. The second-order valence-corrected chi connectivity index (χ2v) is 12.7. The molecule has 0 aliphatic rings. The molecule has 0 aliphatic carbocycles. The summed E-state index contributed by atoms with van der Waals surface area (Å²) >= 11 is 0. The lowest BCUT2D eigenvalue weighted by molar-refractivity contribution is 0.924. The fourth-order valence-corrected chi connectivity index (χ4v) is 4.91. The molecule has 128 valence electrons. The van der Waals surface area contributed by atoms with Crippen LogP contribution in [0.25, 0.3) is 22.4 Å². The minimum absolute atomic E-state index is 1.09. The van der Waals surface area contributed by atoms with Crippen molar-refractivity contribution in [3.63, 3.8) is 0 Å². The largest absolute Gasteiger partial charge is 0.256 e. The molecule has 1 heterocycles. The van der Waals surface area contributed by atoms with Gasteiger partial charge >= 0.3 is 0 Å². The van der Waals surface area contributed by atoms with Crippen LogP contribution in [0.1, 0.15) is 18.9 Å². The van der Waals surface area contributed by atoms with E-state index in [0.717, 1.165) is 12.1 Å². The van der Waals surface area contributed by atoms with Crippen molar-refractivity contribution in [2.45, 2.75) is 39.4 Å². The Bertz CT molecular complexity index is 847. The first-order chi connectivity index (χ1) is 12.0. The van der Waals surface area contributed by atoms with Gasteiger partial charge in [-0.15, -0.1) is 0 Å². The maximum Gasteiger partial charge on any atom is 0.0799 e. The maximum absolute atomic E-state index is 4.83. The molecule has 0 N–H and O–H groups in total. The van der Waals surface area contributed by atoms with E-state index in [0.29, 0.717) is 0 Å². The third kappa shape index (κ3) is 4.08. The van der Waals surface area contributed by atoms with Crippen LogP contribution in [0.4, 0.5) is 0 Å². The van der Waals surface area contributed by atoms with Gasteiger partial charge in [-0.05, 0) is 40.4 Å². The Labute approximate surface area is 152 Å². The van der Waals surface area contributed by atoms with E-state index < -0.39 is 8.07 Å². The normalized spacial score (nSPS) is 11.5. The summed E-state index contributed by atoms with van der Waals surface area (Å²) in [6.07, 6.45) is 4.44. The highest BCUT2D eigenvalue weighted by Gasteiger charge is 2.21. The zero-order valence-corrected chi connectivity index (χ0v) is 16.7. The van der Waals surface area contributed by atoms with Gasteiger partial charge in [0.2, 0.25) is 0 Å². The van der Waals surface area contributed by atoms with E-state index >= 15 is 0 Å². The molecule has 0 saturated carbocycles. The van der Waals surface area contributed by atoms with E-state index in [2.05, 4.69) is 93.4 Å². The lowest BCUT2D eigenvalue weighted by atomic mass is 10.0. The van der Waals surface area contributed by atoms with E-state index in [1.165, 1.54) is 33.9 Å². The highest BCUT2D eigenvalue weighted by Crippen LogP contribution is 2.26. The lowest BCUT2D eigenvalue weighted by Crippen LogP contribution is -2.40. The van der Waals surface area contributed by atoms with Gasteiger partial charge < -0.3 is 0 Å². The number of pyridine rings is 1. The van der Waals surface area contributed by atoms with Gasteiger partial charge in [0.15, 0.2) is 0 Å². The number of aromatic nitrogens is 1. The van der Waals surface area contributed by atoms with Crippen molar-refractivity contribution in [1.82, 2.24) is 4.98 Å². The molecule has 0 atom stereocenters. The summed E-state index contributed by atoms with van der Waals surface area (Å²) < 4.78 is 0. The first-order valence-electron chi connectivity index (χ1n) is 9.14. The van der Waals surface area contributed by atoms with Crippen LogP contribution in [-0.4, -0.2) is 13.1 Å². The van der Waals surface area contributed by atoms with Crippen LogP contribution in [0.2, 0.25) is 19.6 Å². The van der Waals surface area contributed by atoms with Gasteiger partial charge in [0.05, 0.1) is 13.8 Å². The average Bonchev–Trinajstić information content (AvgIpc) is 2.62. The highest BCUT2D eigenvalue weighted by atomic mass is 28.3. The molecule has 2 aromatic carbocycles. The third-order valence-corrected chi connectivity index (χ3v) is 6.65. The van der Waals surface area contributed by atoms with E-state index in [-0.39, 0.29) is 0 Å². The average molecular weight is 346 g/mol. The molecule has 0 unspecified atom stereocenters. The fourth-order valence-electron chi connectivity index (χ4n) is 3.30. The second-order valence-electron chi connectivity index (χ2n) is 7.67. The number of rotatable bonds is 5. The van der Waals surface area contributed by atoms with Gasteiger partial charge in [-0.3, -0.25) is 4.98 Å². The predicted molar refractivity (Wildman–Crippen MR) is 112 cm³/mol. The molecule has 2 heteroatoms. The summed E-state index contributed by atoms with van der Waals surface area (Å²) in [5.74, 6) is 0. The molecule has 1 aromatic heterocycles. The number of aryl methyl sites for hydroxylation is 1. The van der Waals surface area contributed by atoms with Gasteiger partial charge in [0, 0.05) is 11.8 Å². The van der Waals surface area contributed by atoms with Crippen LogP contribution in [-0.2, 0) is 6.42 Å². The van der Waals surface area contributed by atoms with Crippen molar-refractivity contribution in [2.75, 3.05) is 0 Å². The molecule has 0 aliphatic heterocycles. The van der Waals surface area contributed by atoms with E-state index in [9.17, 15) is 0 Å². The molecule has 3 aromatic rings. The topological polar surface area (TPSA) is 12.9 Å². The number of hydrogen-bond acceptors (Lipinski definition) is 1. The van der Waals surface area contributed by atoms with Crippen LogP contribution >= 0.6 is 0 Å². The molecule has 3 rings (SSSR count). The van der Waals surface area contributed by atoms with Crippen LogP contribution in [0, 0.1) is 0 Å². The summed E-state index contributed by atoms with van der Waals surface area (Å²) in [4.78, 5) is 4.83. The van der Waals surface area contributed by atoms with Crippen molar-refractivity contribution < 1.29 is 0 Å². The molecular formula is C23H27NSi. The summed E-state index contributed by atoms with van der Waals surface area (Å²) in [6, 6.07) is 21.6. The molecular weight excluding hydrogens is 318 g/mol. The first-order valence-corrected chi connectivity index (χ1v) is 12.6. The van der Waals surface area contributed by atoms with Crippen LogP contribution in [0.5, 0.6) is 0 Å². The zero-order chi connectivity index (χ0) is 17.9. The molecule has 0 radical (unpaired) electrons. The maximum atomic E-state index is 4.83. The van der Waals surface area contributed by atoms with Crippen molar-refractivity contribution in [3.05, 3.63) is 72.4 Å². The summed E-state index contributed by atoms with van der Waals surface area (Å²) in [7, 11) is -1.37. The molecule has 0 fully saturated rings. The van der Waals surface area contributed by atoms with Gasteiger partial charge in [-0.25, -0.2) is 0 Å². The lowest BCUT2D eigenvalue weighted by Gasteiger charge is -2.21. The summed E-state index contributed by atoms with van der Waals surface area (Å²) in [6.45, 7) is 9.46. The fraction of sp³-hybridized carbons (Fsp3) is 0.261. The first kappa shape index (κ1) is 17.6. The van der Waals surface area contributed by atoms with E-state index in [1.807, 2.05) is 0 Å². The van der Waals surface area contributed by atoms with Gasteiger partial charge in [-0.1, -0.05) is 81.5 Å². The summed E-state index contributed by atoms with van der Waals surface area (Å²) in [5, 5.41) is 1.50. The Balaban J connectivity index is 2.04. The zero-order valence-electron chi connectivity index (χ0n) is 15.7. The minimum atomic E-state index is -1.37. The van der Waals surface area contributed by atoms with Gasteiger partial charge in [0.1, 0.15) is 0 Å². The number of hydrogen-bond donors (Lipinski definition) is 0. The predicted octanol–water partition coefficient (Wildman–Crippen LogP) is 5.91. The summed E-state index contributed by atoms with van der Waals surface area (Å²) in [5.41, 5.74) is 6.25. The smallest absolute Gasteiger partial charge is 0.0799 e. The quantitative estimate of drug-likeness (QED) is 0.524. The van der Waals surface area contributed by atoms with Crippen LogP contribution < -0.4 is 5.19 Å². The van der Waals surface area contributed by atoms with Crippen molar-refractivity contribution >= 4 is 13.3 Å².